The number of alkyl halides is 3. The maximum atomic E-state index is 12.1. The van der Waals surface area contributed by atoms with E-state index in [9.17, 15) is 13.2 Å². The first-order valence-electron chi connectivity index (χ1n) is 5.94. The Kier molecular flexibility index (Phi) is 5.07. The van der Waals surface area contributed by atoms with Crippen molar-refractivity contribution in [3.63, 3.8) is 0 Å². The standard InChI is InChI=1S/C12H18F3N3/c1-4-16-7-10-8(2)17-11(18-9(10)3)5-6-12(13,14)15/h16H,4-7H2,1-3H3. The summed E-state index contributed by atoms with van der Waals surface area (Å²) in [7, 11) is 0. The SMILES string of the molecule is CCNCc1c(C)nc(CCC(F)(F)F)nc1C. The van der Waals surface area contributed by atoms with E-state index in [0.29, 0.717) is 6.54 Å². The molecule has 0 unspecified atom stereocenters. The van der Waals surface area contributed by atoms with E-state index in [2.05, 4.69) is 15.3 Å². The van der Waals surface area contributed by atoms with E-state index < -0.39 is 12.6 Å². The Morgan fingerprint density at radius 1 is 1.11 bits per heavy atom. The van der Waals surface area contributed by atoms with Crippen LogP contribution in [0.1, 0.15) is 36.1 Å². The van der Waals surface area contributed by atoms with Crippen molar-refractivity contribution in [3.8, 4) is 0 Å². The molecule has 0 saturated heterocycles. The van der Waals surface area contributed by atoms with E-state index in [4.69, 9.17) is 0 Å². The van der Waals surface area contributed by atoms with Crippen LogP contribution < -0.4 is 5.32 Å². The number of rotatable bonds is 5. The summed E-state index contributed by atoms with van der Waals surface area (Å²) in [5.74, 6) is 0.266. The van der Waals surface area contributed by atoms with Crippen LogP contribution >= 0.6 is 0 Å². The molecule has 0 atom stereocenters. The van der Waals surface area contributed by atoms with Crippen LogP contribution in [0.3, 0.4) is 0 Å². The number of hydrogen-bond acceptors (Lipinski definition) is 3. The monoisotopic (exact) mass is 261 g/mol. The van der Waals surface area contributed by atoms with Crippen LogP contribution in [0.4, 0.5) is 13.2 Å². The summed E-state index contributed by atoms with van der Waals surface area (Å²) in [5, 5.41) is 3.16. The first kappa shape index (κ1) is 14.9. The van der Waals surface area contributed by atoms with Gasteiger partial charge in [-0.3, -0.25) is 0 Å². The van der Waals surface area contributed by atoms with E-state index in [1.54, 1.807) is 13.8 Å². The van der Waals surface area contributed by atoms with Crippen molar-refractivity contribution < 1.29 is 13.2 Å². The van der Waals surface area contributed by atoms with Crippen LogP contribution in [0, 0.1) is 13.8 Å². The average molecular weight is 261 g/mol. The highest BCUT2D eigenvalue weighted by molar-refractivity contribution is 5.24. The number of nitrogens with one attached hydrogen (secondary N) is 1. The second-order valence-corrected chi connectivity index (χ2v) is 4.18. The molecule has 0 fully saturated rings. The molecule has 0 spiro atoms. The van der Waals surface area contributed by atoms with Crippen LogP contribution in [0.2, 0.25) is 0 Å². The predicted molar refractivity (Wildman–Crippen MR) is 63.3 cm³/mol. The second-order valence-electron chi connectivity index (χ2n) is 4.18. The van der Waals surface area contributed by atoms with Crippen LogP contribution in [-0.2, 0) is 13.0 Å². The number of aryl methyl sites for hydroxylation is 3. The topological polar surface area (TPSA) is 37.8 Å². The second kappa shape index (κ2) is 6.13. The largest absolute Gasteiger partial charge is 0.389 e. The first-order chi connectivity index (χ1) is 8.33. The third-order valence-corrected chi connectivity index (χ3v) is 2.65. The Balaban J connectivity index is 2.79. The van der Waals surface area contributed by atoms with Gasteiger partial charge in [0.25, 0.3) is 0 Å². The van der Waals surface area contributed by atoms with Gasteiger partial charge in [-0.15, -0.1) is 0 Å². The molecule has 0 saturated carbocycles. The molecule has 102 valence electrons. The molecule has 0 bridgehead atoms. The molecule has 1 rings (SSSR count). The highest BCUT2D eigenvalue weighted by Gasteiger charge is 2.27. The molecule has 1 aromatic heterocycles. The minimum Gasteiger partial charge on any atom is -0.313 e. The van der Waals surface area contributed by atoms with Gasteiger partial charge in [-0.2, -0.15) is 13.2 Å². The van der Waals surface area contributed by atoms with E-state index in [0.717, 1.165) is 23.5 Å². The highest BCUT2D eigenvalue weighted by Crippen LogP contribution is 2.21. The van der Waals surface area contributed by atoms with Gasteiger partial charge in [-0.25, -0.2) is 9.97 Å². The van der Waals surface area contributed by atoms with E-state index in [-0.39, 0.29) is 12.2 Å². The fourth-order valence-electron chi connectivity index (χ4n) is 1.68. The fourth-order valence-corrected chi connectivity index (χ4v) is 1.68. The zero-order valence-electron chi connectivity index (χ0n) is 10.9. The van der Waals surface area contributed by atoms with Crippen molar-refractivity contribution in [2.75, 3.05) is 6.54 Å². The minimum atomic E-state index is -4.16. The molecule has 0 radical (unpaired) electrons. The third-order valence-electron chi connectivity index (χ3n) is 2.65. The lowest BCUT2D eigenvalue weighted by Gasteiger charge is -2.11. The van der Waals surface area contributed by atoms with Crippen LogP contribution in [0.15, 0.2) is 0 Å². The maximum absolute atomic E-state index is 12.1. The normalized spacial score (nSPS) is 11.9. The fraction of sp³-hybridized carbons (Fsp3) is 0.667. The molecular formula is C12H18F3N3. The molecular weight excluding hydrogens is 243 g/mol. The molecule has 3 nitrogen and oxygen atoms in total. The van der Waals surface area contributed by atoms with Crippen molar-refractivity contribution in [1.82, 2.24) is 15.3 Å². The van der Waals surface area contributed by atoms with Gasteiger partial charge in [0.05, 0.1) is 6.42 Å². The van der Waals surface area contributed by atoms with Crippen molar-refractivity contribution in [3.05, 3.63) is 22.8 Å². The lowest BCUT2D eigenvalue weighted by atomic mass is 10.1. The Hall–Kier alpha value is -1.17. The third kappa shape index (κ3) is 4.60. The predicted octanol–water partition coefficient (Wildman–Crippen LogP) is 2.70. The van der Waals surface area contributed by atoms with E-state index in [1.165, 1.54) is 0 Å². The van der Waals surface area contributed by atoms with E-state index >= 15 is 0 Å². The number of halogens is 3. The summed E-state index contributed by atoms with van der Waals surface area (Å²) in [6.45, 7) is 7.07. The first-order valence-corrected chi connectivity index (χ1v) is 5.94. The molecule has 1 heterocycles. The zero-order valence-corrected chi connectivity index (χ0v) is 10.9. The Bertz CT molecular complexity index is 379. The molecule has 0 aliphatic carbocycles. The number of hydrogen-bond donors (Lipinski definition) is 1. The molecule has 1 aromatic rings. The molecule has 6 heteroatoms. The quantitative estimate of drug-likeness (QED) is 0.885. The Morgan fingerprint density at radius 3 is 2.11 bits per heavy atom. The van der Waals surface area contributed by atoms with Gasteiger partial charge < -0.3 is 5.32 Å². The molecule has 0 aliphatic rings. The maximum Gasteiger partial charge on any atom is 0.389 e. The van der Waals surface area contributed by atoms with Crippen molar-refractivity contribution in [2.45, 2.75) is 46.3 Å². The summed E-state index contributed by atoms with van der Waals surface area (Å²) >= 11 is 0. The van der Waals surface area contributed by atoms with Crippen LogP contribution in [0.25, 0.3) is 0 Å². The molecule has 18 heavy (non-hydrogen) atoms. The Labute approximate surface area is 105 Å². The summed E-state index contributed by atoms with van der Waals surface area (Å²) in [6.07, 6.45) is -5.20. The summed E-state index contributed by atoms with van der Waals surface area (Å²) < 4.78 is 36.4. The van der Waals surface area contributed by atoms with Crippen LogP contribution in [0.5, 0.6) is 0 Å². The van der Waals surface area contributed by atoms with Crippen LogP contribution in [-0.4, -0.2) is 22.7 Å². The zero-order chi connectivity index (χ0) is 13.8. The molecule has 0 aromatic carbocycles. The summed E-state index contributed by atoms with van der Waals surface area (Å²) in [4.78, 5) is 8.28. The van der Waals surface area contributed by atoms with Gasteiger partial charge in [-0.05, 0) is 20.4 Å². The van der Waals surface area contributed by atoms with Crippen molar-refractivity contribution >= 4 is 0 Å². The highest BCUT2D eigenvalue weighted by atomic mass is 19.4. The van der Waals surface area contributed by atoms with Crippen molar-refractivity contribution in [2.24, 2.45) is 0 Å². The van der Waals surface area contributed by atoms with Gasteiger partial charge >= 0.3 is 6.18 Å². The lowest BCUT2D eigenvalue weighted by molar-refractivity contribution is -0.134. The smallest absolute Gasteiger partial charge is 0.313 e. The van der Waals surface area contributed by atoms with Gasteiger partial charge in [0.1, 0.15) is 5.82 Å². The van der Waals surface area contributed by atoms with Gasteiger partial charge in [0.2, 0.25) is 0 Å². The molecule has 0 amide bonds. The Morgan fingerprint density at radius 2 is 1.67 bits per heavy atom. The molecule has 1 N–H and O–H groups in total. The summed E-state index contributed by atoms with van der Waals surface area (Å²) in [5.41, 5.74) is 2.47. The summed E-state index contributed by atoms with van der Waals surface area (Å²) in [6, 6.07) is 0. The van der Waals surface area contributed by atoms with Crippen molar-refractivity contribution in [1.29, 1.82) is 0 Å². The average Bonchev–Trinajstić information content (AvgIpc) is 2.24. The molecule has 0 aliphatic heterocycles. The van der Waals surface area contributed by atoms with Gasteiger partial charge in [0.15, 0.2) is 0 Å². The minimum absolute atomic E-state index is 0.160. The van der Waals surface area contributed by atoms with E-state index in [1.807, 2.05) is 6.92 Å². The number of nitrogens with zero attached hydrogens (tertiary/aromatic N) is 2. The number of aromatic nitrogens is 2. The lowest BCUT2D eigenvalue weighted by Crippen LogP contribution is -2.17. The van der Waals surface area contributed by atoms with Gasteiger partial charge in [0, 0.05) is 29.9 Å². The van der Waals surface area contributed by atoms with Gasteiger partial charge in [-0.1, -0.05) is 6.92 Å².